The van der Waals surface area contributed by atoms with Crippen LogP contribution in [-0.4, -0.2) is 36.1 Å². The number of hydrogen-bond donors (Lipinski definition) is 2. The van der Waals surface area contributed by atoms with Crippen LogP contribution >= 0.6 is 0 Å². The highest BCUT2D eigenvalue weighted by molar-refractivity contribution is 5.88. The minimum absolute atomic E-state index is 0.0482. The van der Waals surface area contributed by atoms with Gasteiger partial charge in [0.2, 0.25) is 11.8 Å². The molecule has 0 aromatic carbocycles. The number of rotatable bonds is 0. The summed E-state index contributed by atoms with van der Waals surface area (Å²) in [6, 6.07) is 0. The monoisotopic (exact) mass is 155 g/mol. The van der Waals surface area contributed by atoms with Crippen LogP contribution in [0.2, 0.25) is 0 Å². The average molecular weight is 155 g/mol. The van der Waals surface area contributed by atoms with E-state index in [0.29, 0.717) is 13.0 Å². The van der Waals surface area contributed by atoms with Gasteiger partial charge in [0.25, 0.3) is 0 Å². The minimum atomic E-state index is -0.247. The molecule has 2 amide bonds. The smallest absolute Gasteiger partial charge is 0.242 e. The summed E-state index contributed by atoms with van der Waals surface area (Å²) in [5.74, 6) is -0.0372. The maximum atomic E-state index is 11.1. The van der Waals surface area contributed by atoms with E-state index in [1.54, 1.807) is 0 Å². The van der Waals surface area contributed by atoms with Crippen LogP contribution in [0.1, 0.15) is 6.42 Å². The van der Waals surface area contributed by atoms with E-state index in [1.807, 2.05) is 0 Å². The van der Waals surface area contributed by atoms with Gasteiger partial charge in [0.05, 0.1) is 0 Å². The molecule has 0 aromatic heterocycles. The lowest BCUT2D eigenvalue weighted by molar-refractivity contribution is -0.135. The first-order valence-corrected chi connectivity index (χ1v) is 3.59. The van der Waals surface area contributed by atoms with E-state index in [-0.39, 0.29) is 24.6 Å². The zero-order chi connectivity index (χ0) is 7.84. The minimum Gasteiger partial charge on any atom is -0.322 e. The Balaban J connectivity index is 2.15. The first kappa shape index (κ1) is 6.60. The van der Waals surface area contributed by atoms with Gasteiger partial charge in [-0.15, -0.1) is 0 Å². The number of nitrogens with zero attached hydrogens (tertiary/aromatic N) is 1. The van der Waals surface area contributed by atoms with Gasteiger partial charge in [-0.1, -0.05) is 0 Å². The van der Waals surface area contributed by atoms with Crippen molar-refractivity contribution in [2.45, 2.75) is 12.7 Å². The third kappa shape index (κ3) is 0.970. The van der Waals surface area contributed by atoms with Crippen LogP contribution in [-0.2, 0) is 9.59 Å². The van der Waals surface area contributed by atoms with Gasteiger partial charge >= 0.3 is 0 Å². The molecule has 0 saturated carbocycles. The van der Waals surface area contributed by atoms with Gasteiger partial charge in [0.1, 0.15) is 6.54 Å². The summed E-state index contributed by atoms with van der Waals surface area (Å²) in [5.41, 5.74) is 0. The van der Waals surface area contributed by atoms with Crippen LogP contribution in [0.4, 0.5) is 0 Å². The molecule has 11 heavy (non-hydrogen) atoms. The first-order chi connectivity index (χ1) is 5.27. The highest BCUT2D eigenvalue weighted by Crippen LogP contribution is 2.08. The van der Waals surface area contributed by atoms with Crippen molar-refractivity contribution < 1.29 is 9.59 Å². The first-order valence-electron chi connectivity index (χ1n) is 3.59. The largest absolute Gasteiger partial charge is 0.322 e. The van der Waals surface area contributed by atoms with Gasteiger partial charge in [-0.2, -0.15) is 0 Å². The summed E-state index contributed by atoms with van der Waals surface area (Å²) in [4.78, 5) is 23.4. The van der Waals surface area contributed by atoms with Gasteiger partial charge in [-0.25, -0.2) is 0 Å². The Labute approximate surface area is 63.7 Å². The molecule has 2 fully saturated rings. The Morgan fingerprint density at radius 2 is 2.27 bits per heavy atom. The highest BCUT2D eigenvalue weighted by atomic mass is 16.2. The third-order valence-electron chi connectivity index (χ3n) is 1.92. The maximum Gasteiger partial charge on any atom is 0.242 e. The molecule has 2 rings (SSSR count). The van der Waals surface area contributed by atoms with Gasteiger partial charge in [-0.05, 0) is 0 Å². The normalized spacial score (nSPS) is 30.2. The summed E-state index contributed by atoms with van der Waals surface area (Å²) >= 11 is 0. The van der Waals surface area contributed by atoms with Gasteiger partial charge in [-0.3, -0.25) is 14.9 Å². The number of carbonyl (C=O) groups is 2. The highest BCUT2D eigenvalue weighted by Gasteiger charge is 2.35. The second-order valence-electron chi connectivity index (χ2n) is 2.70. The quantitative estimate of drug-likeness (QED) is 0.435. The number of fused-ring (bicyclic) bond motifs is 1. The Morgan fingerprint density at radius 1 is 1.45 bits per heavy atom. The summed E-state index contributed by atoms with van der Waals surface area (Å²) < 4.78 is 0. The van der Waals surface area contributed by atoms with Gasteiger partial charge in [0, 0.05) is 13.0 Å². The fourth-order valence-electron chi connectivity index (χ4n) is 1.37. The van der Waals surface area contributed by atoms with Crippen molar-refractivity contribution in [1.82, 2.24) is 15.5 Å². The molecule has 1 atom stereocenters. The van der Waals surface area contributed by atoms with E-state index >= 15 is 0 Å². The number of amides is 2. The van der Waals surface area contributed by atoms with Gasteiger partial charge in [0.15, 0.2) is 6.29 Å². The molecule has 60 valence electrons. The van der Waals surface area contributed by atoms with Crippen LogP contribution in [0.5, 0.6) is 0 Å². The second-order valence-corrected chi connectivity index (χ2v) is 2.70. The van der Waals surface area contributed by atoms with Crippen molar-refractivity contribution in [3.63, 3.8) is 0 Å². The molecule has 2 aliphatic heterocycles. The lowest BCUT2D eigenvalue weighted by Gasteiger charge is -2.28. The van der Waals surface area contributed by atoms with Crippen molar-refractivity contribution in [1.29, 1.82) is 0 Å². The molecule has 1 unspecified atom stereocenters. The zero-order valence-corrected chi connectivity index (χ0v) is 5.96. The van der Waals surface area contributed by atoms with Crippen molar-refractivity contribution in [3.8, 4) is 0 Å². The Bertz CT molecular complexity index is 216. The lowest BCUT2D eigenvalue weighted by atomic mass is 10.3. The lowest BCUT2D eigenvalue weighted by Crippen LogP contribution is -2.55. The molecule has 2 N–H and O–H groups in total. The average Bonchev–Trinajstić information content (AvgIpc) is 2.31. The molecule has 5 nitrogen and oxygen atoms in total. The summed E-state index contributed by atoms with van der Waals surface area (Å²) in [5, 5.41) is 5.66. The Morgan fingerprint density at radius 3 is 3.00 bits per heavy atom. The summed E-state index contributed by atoms with van der Waals surface area (Å²) in [6.07, 6.45) is 0.245. The SMILES string of the molecule is O=C1CN2C(=O)CCNC2N1. The second kappa shape index (κ2) is 2.20. The van der Waals surface area contributed by atoms with Crippen LogP contribution in [0.15, 0.2) is 0 Å². The topological polar surface area (TPSA) is 61.4 Å². The van der Waals surface area contributed by atoms with E-state index in [1.165, 1.54) is 4.90 Å². The molecule has 0 aromatic rings. The molecular formula is C6H9N3O2. The Hall–Kier alpha value is -1.10. The zero-order valence-electron chi connectivity index (χ0n) is 5.96. The van der Waals surface area contributed by atoms with Crippen LogP contribution in [0, 0.1) is 0 Å². The fraction of sp³-hybridized carbons (Fsp3) is 0.667. The van der Waals surface area contributed by atoms with E-state index in [2.05, 4.69) is 10.6 Å². The summed E-state index contributed by atoms with van der Waals surface area (Å²) in [6.45, 7) is 0.858. The number of hydrogen-bond acceptors (Lipinski definition) is 3. The van der Waals surface area contributed by atoms with Crippen LogP contribution in [0.25, 0.3) is 0 Å². The summed E-state index contributed by atoms with van der Waals surface area (Å²) in [7, 11) is 0. The van der Waals surface area contributed by atoms with Crippen molar-refractivity contribution in [3.05, 3.63) is 0 Å². The number of nitrogens with one attached hydrogen (secondary N) is 2. The molecule has 0 bridgehead atoms. The van der Waals surface area contributed by atoms with E-state index in [9.17, 15) is 9.59 Å². The van der Waals surface area contributed by atoms with E-state index in [0.717, 1.165) is 0 Å². The van der Waals surface area contributed by atoms with Crippen molar-refractivity contribution in [2.75, 3.05) is 13.1 Å². The molecule has 0 spiro atoms. The van der Waals surface area contributed by atoms with Gasteiger partial charge < -0.3 is 10.2 Å². The van der Waals surface area contributed by atoms with Crippen LogP contribution in [0.3, 0.4) is 0 Å². The predicted octanol–water partition coefficient (Wildman–Crippen LogP) is -1.78. The molecule has 2 heterocycles. The molecular weight excluding hydrogens is 146 g/mol. The fourth-order valence-corrected chi connectivity index (χ4v) is 1.37. The van der Waals surface area contributed by atoms with Crippen molar-refractivity contribution in [2.24, 2.45) is 0 Å². The maximum absolute atomic E-state index is 11.1. The standard InChI is InChI=1S/C6H9N3O2/c10-4-3-9-5(11)1-2-7-6(9)8-4/h6-7H,1-3H2,(H,8,10). The van der Waals surface area contributed by atoms with Crippen molar-refractivity contribution >= 4 is 11.8 Å². The molecule has 5 heteroatoms. The molecule has 0 radical (unpaired) electrons. The third-order valence-corrected chi connectivity index (χ3v) is 1.92. The van der Waals surface area contributed by atoms with E-state index < -0.39 is 0 Å². The number of carbonyl (C=O) groups excluding carboxylic acids is 2. The van der Waals surface area contributed by atoms with E-state index in [4.69, 9.17) is 0 Å². The molecule has 0 aliphatic carbocycles. The molecule has 2 saturated heterocycles. The van der Waals surface area contributed by atoms with Crippen LogP contribution < -0.4 is 10.6 Å². The predicted molar refractivity (Wildman–Crippen MR) is 36.3 cm³/mol. The Kier molecular flexibility index (Phi) is 1.32. The molecule has 2 aliphatic rings.